The molecule has 3 rings (SSSR count). The van der Waals surface area contributed by atoms with E-state index in [2.05, 4.69) is 22.5 Å². The van der Waals surface area contributed by atoms with Gasteiger partial charge in [0, 0.05) is 0 Å². The summed E-state index contributed by atoms with van der Waals surface area (Å²) in [7, 11) is 1.92. The summed E-state index contributed by atoms with van der Waals surface area (Å²) in [6.07, 6.45) is 0. The Morgan fingerprint density at radius 2 is 1.75 bits per heavy atom. The molecule has 0 aliphatic carbocycles. The summed E-state index contributed by atoms with van der Waals surface area (Å²) in [4.78, 5) is 27.2. The van der Waals surface area contributed by atoms with E-state index in [1.165, 1.54) is 6.92 Å². The first-order valence-electron chi connectivity index (χ1n) is 8.80. The van der Waals surface area contributed by atoms with Crippen molar-refractivity contribution in [3.8, 4) is 0 Å². The Kier molecular flexibility index (Phi) is 6.55. The monoisotopic (exact) mass is 504 g/mol. The van der Waals surface area contributed by atoms with Gasteiger partial charge < -0.3 is 0 Å². The summed E-state index contributed by atoms with van der Waals surface area (Å²) in [6, 6.07) is 17.8. The predicted octanol–water partition coefficient (Wildman–Crippen LogP) is 3.61. The van der Waals surface area contributed by atoms with Crippen LogP contribution in [0.25, 0.3) is 10.9 Å². The average Bonchev–Trinajstić information content (AvgIpc) is 2.94. The van der Waals surface area contributed by atoms with Gasteiger partial charge >= 0.3 is 180 Å². The van der Waals surface area contributed by atoms with Crippen LogP contribution in [-0.2, 0) is 18.4 Å². The number of aryl methyl sites for hydroxylation is 1. The van der Waals surface area contributed by atoms with Gasteiger partial charge in [0.15, 0.2) is 0 Å². The number of rotatable bonds is 7. The van der Waals surface area contributed by atoms with Crippen LogP contribution in [0.4, 0.5) is 0 Å². The Morgan fingerprint density at radius 1 is 1.11 bits per heavy atom. The van der Waals surface area contributed by atoms with Gasteiger partial charge in [-0.2, -0.15) is 0 Å². The molecular weight excluding hydrogens is 483 g/mol. The molecule has 2 aromatic carbocycles. The quantitative estimate of drug-likeness (QED) is 0.462. The van der Waals surface area contributed by atoms with E-state index in [1.807, 2.05) is 66.2 Å². The van der Waals surface area contributed by atoms with Gasteiger partial charge in [-0.15, -0.1) is 0 Å². The van der Waals surface area contributed by atoms with Crippen LogP contribution in [-0.4, -0.2) is 41.6 Å². The second kappa shape index (κ2) is 8.91. The minimum absolute atomic E-state index is 0.0551. The second-order valence-corrected chi connectivity index (χ2v) is 9.81. The fourth-order valence-corrected chi connectivity index (χ4v) is 5.33. The Bertz CT molecular complexity index is 1040. The van der Waals surface area contributed by atoms with Gasteiger partial charge in [-0.3, -0.25) is 0 Å². The van der Waals surface area contributed by atoms with Gasteiger partial charge in [-0.1, -0.05) is 0 Å². The van der Waals surface area contributed by atoms with Crippen LogP contribution >= 0.6 is 15.9 Å². The molecule has 6 heteroatoms. The van der Waals surface area contributed by atoms with E-state index in [4.69, 9.17) is 0 Å². The number of hydrogen-bond donors (Lipinski definition) is 0. The third kappa shape index (κ3) is 4.46. The standard InChI is InChI=1S/C22H21BrN2O2Se/c1-15(23)13-25(16(2)26)14-19-18-11-7-8-12-20(18)24(3)21(19)22(27)28-17-9-5-4-6-10-17/h4-12H,1,13-14H2,2-3H3. The van der Waals surface area contributed by atoms with Crippen molar-refractivity contribution in [3.05, 3.63) is 76.9 Å². The predicted molar refractivity (Wildman–Crippen MR) is 118 cm³/mol. The van der Waals surface area contributed by atoms with E-state index in [0.717, 1.165) is 25.4 Å². The number of halogens is 1. The second-order valence-electron chi connectivity index (χ2n) is 6.50. The summed E-state index contributed by atoms with van der Waals surface area (Å²) in [6.45, 7) is 6.16. The number of fused-ring (bicyclic) bond motifs is 1. The maximum atomic E-state index is 13.3. The summed E-state index contributed by atoms with van der Waals surface area (Å²) < 4.78 is 3.82. The molecule has 0 N–H and O–H groups in total. The van der Waals surface area contributed by atoms with E-state index in [0.29, 0.717) is 18.8 Å². The van der Waals surface area contributed by atoms with E-state index in [1.54, 1.807) is 4.90 Å². The van der Waals surface area contributed by atoms with Crippen molar-refractivity contribution in [1.82, 2.24) is 9.47 Å². The summed E-state index contributed by atoms with van der Waals surface area (Å²) in [5, 5.41) is 1.00. The van der Waals surface area contributed by atoms with E-state index < -0.39 is 0 Å². The van der Waals surface area contributed by atoms with Gasteiger partial charge in [-0.05, 0) is 0 Å². The topological polar surface area (TPSA) is 42.3 Å². The van der Waals surface area contributed by atoms with Crippen molar-refractivity contribution >= 4 is 56.8 Å². The Hall–Kier alpha value is -2.14. The van der Waals surface area contributed by atoms with Gasteiger partial charge in [0.05, 0.1) is 0 Å². The Morgan fingerprint density at radius 3 is 2.39 bits per heavy atom. The molecule has 0 saturated carbocycles. The number of carbonyl (C=O) groups excluding carboxylic acids is 2. The van der Waals surface area contributed by atoms with Crippen molar-refractivity contribution in [1.29, 1.82) is 0 Å². The van der Waals surface area contributed by atoms with E-state index in [-0.39, 0.29) is 25.5 Å². The molecule has 0 unspecified atom stereocenters. The van der Waals surface area contributed by atoms with Gasteiger partial charge in [0.25, 0.3) is 0 Å². The molecule has 4 nitrogen and oxygen atoms in total. The van der Waals surface area contributed by atoms with Crippen molar-refractivity contribution in [2.24, 2.45) is 7.05 Å². The molecule has 0 aliphatic heterocycles. The summed E-state index contributed by atoms with van der Waals surface area (Å²) in [5.74, 6) is -0.0551. The zero-order valence-electron chi connectivity index (χ0n) is 15.8. The fraction of sp³-hybridized carbons (Fsp3) is 0.182. The summed E-state index contributed by atoms with van der Waals surface area (Å²) in [5.41, 5.74) is 2.56. The van der Waals surface area contributed by atoms with E-state index >= 15 is 0 Å². The van der Waals surface area contributed by atoms with Crippen LogP contribution in [0.5, 0.6) is 0 Å². The van der Waals surface area contributed by atoms with Crippen LogP contribution in [0.2, 0.25) is 0 Å². The molecule has 0 aliphatic rings. The Labute approximate surface area is 179 Å². The van der Waals surface area contributed by atoms with Gasteiger partial charge in [-0.25, -0.2) is 0 Å². The SMILES string of the molecule is C=C(Br)CN(Cc1c(C(=O)[Se]c2ccccc2)n(C)c2ccccc12)C(C)=O. The number of para-hydroxylation sites is 1. The zero-order valence-corrected chi connectivity index (χ0v) is 19.1. The fourth-order valence-electron chi connectivity index (χ4n) is 3.21. The first-order valence-corrected chi connectivity index (χ1v) is 11.3. The van der Waals surface area contributed by atoms with Gasteiger partial charge in [0.1, 0.15) is 0 Å². The van der Waals surface area contributed by atoms with Crippen LogP contribution in [0.3, 0.4) is 0 Å². The summed E-state index contributed by atoms with van der Waals surface area (Å²) >= 11 is 3.01. The van der Waals surface area contributed by atoms with Crippen molar-refractivity contribution < 1.29 is 9.59 Å². The molecule has 0 fully saturated rings. The van der Waals surface area contributed by atoms with Gasteiger partial charge in [0.2, 0.25) is 0 Å². The first-order chi connectivity index (χ1) is 13.4. The zero-order chi connectivity index (χ0) is 20.3. The third-order valence-corrected chi connectivity index (χ3v) is 6.63. The number of benzene rings is 2. The first kappa shape index (κ1) is 20.6. The number of nitrogens with zero attached hydrogens (tertiary/aromatic N) is 2. The molecule has 0 atom stereocenters. The molecule has 144 valence electrons. The molecule has 28 heavy (non-hydrogen) atoms. The van der Waals surface area contributed by atoms with Crippen LogP contribution < -0.4 is 4.46 Å². The number of carbonyl (C=O) groups is 2. The minimum atomic E-state index is -0.335. The molecule has 1 amide bonds. The number of aromatic nitrogens is 1. The van der Waals surface area contributed by atoms with Crippen LogP contribution in [0, 0.1) is 0 Å². The molecule has 0 bridgehead atoms. The molecular formula is C22H21BrN2O2Se. The third-order valence-electron chi connectivity index (χ3n) is 4.52. The molecule has 0 spiro atoms. The molecule has 0 saturated heterocycles. The average molecular weight is 504 g/mol. The maximum absolute atomic E-state index is 13.3. The van der Waals surface area contributed by atoms with E-state index in [9.17, 15) is 9.59 Å². The van der Waals surface area contributed by atoms with Crippen molar-refractivity contribution in [2.75, 3.05) is 6.54 Å². The molecule has 1 aromatic heterocycles. The Balaban J connectivity index is 2.07. The van der Waals surface area contributed by atoms with Crippen LogP contribution in [0.1, 0.15) is 23.0 Å². The molecule has 0 radical (unpaired) electrons. The molecule has 3 aromatic rings. The number of amides is 1. The van der Waals surface area contributed by atoms with Crippen LogP contribution in [0.15, 0.2) is 65.7 Å². The van der Waals surface area contributed by atoms with Crippen molar-refractivity contribution in [2.45, 2.75) is 13.5 Å². The van der Waals surface area contributed by atoms with Crippen molar-refractivity contribution in [3.63, 3.8) is 0 Å². The molecule has 1 heterocycles. The normalized spacial score (nSPS) is 10.8. The number of hydrogen-bond acceptors (Lipinski definition) is 2.